The molecule has 26 heavy (non-hydrogen) atoms. The molecule has 0 radical (unpaired) electrons. The van der Waals surface area contributed by atoms with Crippen molar-refractivity contribution in [3.63, 3.8) is 0 Å². The van der Waals surface area contributed by atoms with Gasteiger partial charge in [0.25, 0.3) is 0 Å². The van der Waals surface area contributed by atoms with E-state index < -0.39 is 0 Å². The monoisotopic (exact) mass is 454 g/mol. The zero-order valence-electron chi connectivity index (χ0n) is 14.7. The van der Waals surface area contributed by atoms with Crippen LogP contribution < -0.4 is 20.1 Å². The molecule has 0 spiro atoms. The second-order valence-electron chi connectivity index (χ2n) is 6.75. The topological polar surface area (TPSA) is 42.5 Å². The third-order valence-electron chi connectivity index (χ3n) is 4.16. The fourth-order valence-electron chi connectivity index (χ4n) is 2.99. The molecule has 2 aromatic rings. The van der Waals surface area contributed by atoms with Gasteiger partial charge in [-0.15, -0.1) is 0 Å². The van der Waals surface area contributed by atoms with Crippen LogP contribution in [-0.2, 0) is 0 Å². The molecule has 0 fully saturated rings. The summed E-state index contributed by atoms with van der Waals surface area (Å²) in [7, 11) is 1.65. The number of rotatable bonds is 3. The van der Waals surface area contributed by atoms with Crippen molar-refractivity contribution in [3.8, 4) is 11.5 Å². The van der Waals surface area contributed by atoms with Crippen molar-refractivity contribution in [3.05, 3.63) is 51.5 Å². The molecular weight excluding hydrogens is 436 g/mol. The Morgan fingerprint density at radius 2 is 2.08 bits per heavy atom. The van der Waals surface area contributed by atoms with Gasteiger partial charge in [0, 0.05) is 28.2 Å². The van der Waals surface area contributed by atoms with Crippen molar-refractivity contribution in [1.82, 2.24) is 5.32 Å². The van der Waals surface area contributed by atoms with Crippen LogP contribution in [0.2, 0.25) is 5.02 Å². The van der Waals surface area contributed by atoms with Crippen LogP contribution in [0, 0.1) is 0 Å². The summed E-state index contributed by atoms with van der Waals surface area (Å²) in [6.07, 6.45) is 0.787. The molecule has 1 aliphatic heterocycles. The first-order valence-corrected chi connectivity index (χ1v) is 9.75. The van der Waals surface area contributed by atoms with Gasteiger partial charge in [-0.1, -0.05) is 11.6 Å². The Labute approximate surface area is 172 Å². The largest absolute Gasteiger partial charge is 0.497 e. The molecule has 4 nitrogen and oxygen atoms in total. The Bertz CT molecular complexity index is 844. The molecule has 2 N–H and O–H groups in total. The number of benzene rings is 2. The van der Waals surface area contributed by atoms with Crippen LogP contribution >= 0.6 is 39.7 Å². The lowest BCUT2D eigenvalue weighted by Crippen LogP contribution is -2.42. The van der Waals surface area contributed by atoms with Crippen molar-refractivity contribution in [1.29, 1.82) is 0 Å². The van der Waals surface area contributed by atoms with Gasteiger partial charge in [0.1, 0.15) is 17.1 Å². The molecule has 1 atom stereocenters. The van der Waals surface area contributed by atoms with Gasteiger partial charge in [0.05, 0.1) is 18.2 Å². The summed E-state index contributed by atoms with van der Waals surface area (Å²) in [5.41, 5.74) is 1.58. The third-order valence-corrected chi connectivity index (χ3v) is 5.61. The van der Waals surface area contributed by atoms with Crippen molar-refractivity contribution in [2.45, 2.75) is 31.9 Å². The quantitative estimate of drug-likeness (QED) is 0.581. The van der Waals surface area contributed by atoms with E-state index in [4.69, 9.17) is 33.3 Å². The van der Waals surface area contributed by atoms with Gasteiger partial charge < -0.3 is 20.1 Å². The SMILES string of the molecule is COc1ccc2c(c1)OC(C)(C)C[C@H]2NC(=S)Nc1ccc(Br)c(Cl)c1. The van der Waals surface area contributed by atoms with E-state index in [1.54, 1.807) is 7.11 Å². The maximum Gasteiger partial charge on any atom is 0.171 e. The fourth-order valence-corrected chi connectivity index (χ4v) is 3.67. The van der Waals surface area contributed by atoms with Crippen molar-refractivity contribution >= 4 is 50.5 Å². The summed E-state index contributed by atoms with van der Waals surface area (Å²) in [4.78, 5) is 0. The van der Waals surface area contributed by atoms with E-state index in [-0.39, 0.29) is 11.6 Å². The molecule has 0 amide bonds. The minimum Gasteiger partial charge on any atom is -0.497 e. The number of hydrogen-bond donors (Lipinski definition) is 2. The fraction of sp³-hybridized carbons (Fsp3) is 0.316. The van der Waals surface area contributed by atoms with Crippen molar-refractivity contribution in [2.75, 3.05) is 12.4 Å². The predicted molar refractivity (Wildman–Crippen MR) is 114 cm³/mol. The van der Waals surface area contributed by atoms with Gasteiger partial charge in [-0.2, -0.15) is 0 Å². The lowest BCUT2D eigenvalue weighted by atomic mass is 9.89. The zero-order valence-corrected chi connectivity index (χ0v) is 17.9. The molecule has 1 heterocycles. The first kappa shape index (κ1) is 19.3. The summed E-state index contributed by atoms with van der Waals surface area (Å²) < 4.78 is 12.3. The highest BCUT2D eigenvalue weighted by molar-refractivity contribution is 9.10. The number of methoxy groups -OCH3 is 1. The molecule has 0 unspecified atom stereocenters. The maximum absolute atomic E-state index is 6.14. The molecule has 0 saturated carbocycles. The minimum atomic E-state index is -0.312. The molecule has 0 saturated heterocycles. The van der Waals surface area contributed by atoms with Crippen LogP contribution in [0.1, 0.15) is 31.9 Å². The molecule has 1 aliphatic rings. The van der Waals surface area contributed by atoms with Gasteiger partial charge in [-0.25, -0.2) is 0 Å². The Balaban J connectivity index is 1.78. The van der Waals surface area contributed by atoms with E-state index in [1.165, 1.54) is 0 Å². The van der Waals surface area contributed by atoms with Crippen LogP contribution in [0.3, 0.4) is 0 Å². The van der Waals surface area contributed by atoms with Gasteiger partial charge in [-0.3, -0.25) is 0 Å². The summed E-state index contributed by atoms with van der Waals surface area (Å²) >= 11 is 15.0. The molecule has 3 rings (SSSR count). The van der Waals surface area contributed by atoms with E-state index in [2.05, 4.69) is 40.4 Å². The molecule has 138 valence electrons. The van der Waals surface area contributed by atoms with E-state index in [9.17, 15) is 0 Å². The highest BCUT2D eigenvalue weighted by atomic mass is 79.9. The van der Waals surface area contributed by atoms with Gasteiger partial charge >= 0.3 is 0 Å². The van der Waals surface area contributed by atoms with Crippen LogP contribution in [-0.4, -0.2) is 17.8 Å². The lowest BCUT2D eigenvalue weighted by molar-refractivity contribution is 0.0693. The van der Waals surface area contributed by atoms with Crippen LogP contribution in [0.4, 0.5) is 5.69 Å². The summed E-state index contributed by atoms with van der Waals surface area (Å²) in [6, 6.07) is 11.5. The normalized spacial score (nSPS) is 17.7. The number of fused-ring (bicyclic) bond motifs is 1. The van der Waals surface area contributed by atoms with Crippen LogP contribution in [0.15, 0.2) is 40.9 Å². The number of anilines is 1. The molecule has 0 aliphatic carbocycles. The Kier molecular flexibility index (Phi) is 5.65. The first-order chi connectivity index (χ1) is 12.3. The smallest absolute Gasteiger partial charge is 0.171 e. The van der Waals surface area contributed by atoms with Crippen LogP contribution in [0.5, 0.6) is 11.5 Å². The van der Waals surface area contributed by atoms with E-state index in [1.807, 2.05) is 36.4 Å². The minimum absolute atomic E-state index is 0.0329. The average Bonchev–Trinajstić information content (AvgIpc) is 2.56. The molecule has 0 bridgehead atoms. The second-order valence-corrected chi connectivity index (χ2v) is 8.42. The number of hydrogen-bond acceptors (Lipinski definition) is 3. The number of thiocarbonyl (C=S) groups is 1. The highest BCUT2D eigenvalue weighted by Gasteiger charge is 2.34. The Morgan fingerprint density at radius 3 is 2.77 bits per heavy atom. The number of nitrogens with one attached hydrogen (secondary N) is 2. The third kappa shape index (κ3) is 4.42. The average molecular weight is 456 g/mol. The predicted octanol–water partition coefficient (Wildman–Crippen LogP) is 5.70. The Hall–Kier alpha value is -1.50. The van der Waals surface area contributed by atoms with E-state index >= 15 is 0 Å². The van der Waals surface area contributed by atoms with Crippen LogP contribution in [0.25, 0.3) is 0 Å². The van der Waals surface area contributed by atoms with Gasteiger partial charge in [-0.05, 0) is 72.3 Å². The van der Waals surface area contributed by atoms with Gasteiger partial charge in [0.15, 0.2) is 5.11 Å². The first-order valence-electron chi connectivity index (χ1n) is 8.17. The zero-order chi connectivity index (χ0) is 18.9. The highest BCUT2D eigenvalue weighted by Crippen LogP contribution is 2.41. The van der Waals surface area contributed by atoms with Gasteiger partial charge in [0.2, 0.25) is 0 Å². The van der Waals surface area contributed by atoms with Crippen molar-refractivity contribution < 1.29 is 9.47 Å². The molecule has 7 heteroatoms. The maximum atomic E-state index is 6.14. The molecule has 0 aromatic heterocycles. The molecule has 2 aromatic carbocycles. The number of halogens is 2. The van der Waals surface area contributed by atoms with E-state index in [0.29, 0.717) is 10.1 Å². The van der Waals surface area contributed by atoms with Crippen molar-refractivity contribution in [2.24, 2.45) is 0 Å². The number of ether oxygens (including phenoxy) is 2. The van der Waals surface area contributed by atoms with E-state index in [0.717, 1.165) is 33.6 Å². The lowest BCUT2D eigenvalue weighted by Gasteiger charge is -2.38. The summed E-state index contributed by atoms with van der Waals surface area (Å²) in [5.74, 6) is 1.58. The standard InChI is InChI=1S/C19H20BrClN2O2S/c1-19(2)10-16(13-6-5-12(24-3)9-17(13)25-19)23-18(26)22-11-4-7-14(20)15(21)8-11/h4-9,16H,10H2,1-3H3,(H2,22,23,26)/t16-/m1/s1. The second kappa shape index (κ2) is 7.62. The summed E-state index contributed by atoms with van der Waals surface area (Å²) in [6.45, 7) is 4.13. The Morgan fingerprint density at radius 1 is 1.31 bits per heavy atom. The molecular formula is C19H20BrClN2O2S. The summed E-state index contributed by atoms with van der Waals surface area (Å²) in [5, 5.41) is 7.75.